The van der Waals surface area contributed by atoms with Crippen LogP contribution >= 0.6 is 0 Å². The number of allylic oxidation sites excluding steroid dienone is 2. The van der Waals surface area contributed by atoms with E-state index in [9.17, 15) is 5.53 Å². The Labute approximate surface area is 209 Å². The van der Waals surface area contributed by atoms with Crippen LogP contribution in [0.2, 0.25) is 0 Å². The van der Waals surface area contributed by atoms with E-state index in [1.54, 1.807) is 0 Å². The molecule has 0 bridgehead atoms. The van der Waals surface area contributed by atoms with Gasteiger partial charge in [-0.3, -0.25) is 0 Å². The molecular formula is C22H38CrN4O8. The Kier molecular flexibility index (Phi) is 13.1. The Hall–Kier alpha value is -1.65. The van der Waals surface area contributed by atoms with Gasteiger partial charge in [0.25, 0.3) is 0 Å². The Balaban J connectivity index is 0.000000784. The predicted octanol–water partition coefficient (Wildman–Crippen LogP) is 1.42. The van der Waals surface area contributed by atoms with E-state index in [1.165, 1.54) is 0 Å². The molecule has 12 nitrogen and oxygen atoms in total. The summed E-state index contributed by atoms with van der Waals surface area (Å²) in [7, 11) is 0. The number of morpholine rings is 2. The van der Waals surface area contributed by atoms with Gasteiger partial charge in [-0.2, -0.15) is 4.79 Å². The average molecular weight is 539 g/mol. The molecule has 0 saturated carbocycles. The topological polar surface area (TPSA) is 154 Å². The summed E-state index contributed by atoms with van der Waals surface area (Å²) in [6.07, 6.45) is 8.74. The van der Waals surface area contributed by atoms with E-state index in [0.717, 1.165) is 63.2 Å². The molecule has 0 aromatic heterocycles. The van der Waals surface area contributed by atoms with Crippen molar-refractivity contribution in [2.24, 2.45) is 0 Å². The van der Waals surface area contributed by atoms with Crippen LogP contribution in [-0.4, -0.2) is 93.8 Å². The van der Waals surface area contributed by atoms with Crippen molar-refractivity contribution in [3.05, 3.63) is 29.1 Å². The molecule has 2 fully saturated rings. The number of unbranched alkanes of at least 4 members (excludes halogenated alkanes) is 2. The Morgan fingerprint density at radius 1 is 1.03 bits per heavy atom. The van der Waals surface area contributed by atoms with Gasteiger partial charge < -0.3 is 34.3 Å². The fourth-order valence-corrected chi connectivity index (χ4v) is 3.82. The molecule has 2 atom stereocenters. The number of hydrogen-bond acceptors (Lipinski definition) is 8. The van der Waals surface area contributed by atoms with Gasteiger partial charge >= 0.3 is 35.2 Å². The standard InChI is InChI=1S/C22H36N4O4.Cr.2H2O.2O/c1-3-5-11-27-21-16-25(9-13-29-21)18-7-8-20(19(15-18)24-23)26-10-14-30-22(17-26)28-12-6-4-2;;;;;/h8,15,21-22H,3-7,9-14,16-17H2,1-2H3;;2*1H2;;/q;+2;;;;/p-2. The fourth-order valence-electron chi connectivity index (χ4n) is 3.82. The van der Waals surface area contributed by atoms with Crippen molar-refractivity contribution in [2.45, 2.75) is 58.5 Å². The molecule has 0 radical (unpaired) electrons. The van der Waals surface area contributed by atoms with Gasteiger partial charge in [0.05, 0.1) is 26.3 Å². The number of ether oxygens (including phenoxy) is 4. The number of hydrogen-bond donors (Lipinski definition) is 2. The molecule has 0 amide bonds. The summed E-state index contributed by atoms with van der Waals surface area (Å²) in [5.74, 6) is 0. The molecule has 13 heteroatoms. The summed E-state index contributed by atoms with van der Waals surface area (Å²) in [6.45, 7) is 9.87. The Morgan fingerprint density at radius 2 is 1.54 bits per heavy atom. The molecule has 3 aliphatic rings. The van der Waals surface area contributed by atoms with Crippen molar-refractivity contribution in [3.8, 4) is 0 Å². The second-order valence-electron chi connectivity index (χ2n) is 8.30. The zero-order chi connectivity index (χ0) is 25.7. The molecule has 35 heavy (non-hydrogen) atoms. The predicted molar refractivity (Wildman–Crippen MR) is 120 cm³/mol. The third kappa shape index (κ3) is 11.3. The molecule has 1 aliphatic carbocycles. The minimum absolute atomic E-state index is 0.202. The van der Waals surface area contributed by atoms with Crippen LogP contribution < -0.4 is 0 Å². The summed E-state index contributed by atoms with van der Waals surface area (Å²) in [5.41, 5.74) is 12.3. The van der Waals surface area contributed by atoms with Crippen LogP contribution in [0.25, 0.3) is 5.53 Å². The summed E-state index contributed by atoms with van der Waals surface area (Å²) in [5, 5.41) is 0. The average Bonchev–Trinajstić information content (AvgIpc) is 2.83. The molecule has 200 valence electrons. The quantitative estimate of drug-likeness (QED) is 0.237. The monoisotopic (exact) mass is 538 g/mol. The zero-order valence-corrected chi connectivity index (χ0v) is 21.8. The first-order valence-electron chi connectivity index (χ1n) is 12.0. The zero-order valence-electron chi connectivity index (χ0n) is 20.5. The second kappa shape index (κ2) is 15.5. The van der Waals surface area contributed by atoms with Gasteiger partial charge in [0.15, 0.2) is 12.6 Å². The van der Waals surface area contributed by atoms with Gasteiger partial charge in [0.1, 0.15) is 5.70 Å². The molecule has 0 aromatic rings. The first-order chi connectivity index (χ1) is 16.7. The van der Waals surface area contributed by atoms with Crippen LogP contribution in [0.15, 0.2) is 23.5 Å². The van der Waals surface area contributed by atoms with Crippen LogP contribution in [0.5, 0.6) is 0 Å². The van der Waals surface area contributed by atoms with Crippen molar-refractivity contribution < 1.29 is 53.3 Å². The molecule has 2 heterocycles. The molecule has 3 rings (SSSR count). The fraction of sp³-hybridized carbons (Fsp3) is 0.773. The SMILES string of the molecule is CCCCOC1CN(C2=CC(=[N+]=[N-])C(N3CCOC(OCCCC)C3)=CC2)CCO1.[O]=[Cr](=[O])([OH])[OH]. The first kappa shape index (κ1) is 29.6. The van der Waals surface area contributed by atoms with Gasteiger partial charge in [-0.15, -0.1) is 0 Å². The van der Waals surface area contributed by atoms with Crippen LogP contribution in [0.3, 0.4) is 0 Å². The van der Waals surface area contributed by atoms with Crippen molar-refractivity contribution in [1.29, 1.82) is 0 Å². The molecule has 2 aliphatic heterocycles. The summed E-state index contributed by atoms with van der Waals surface area (Å²) in [4.78, 5) is 8.05. The van der Waals surface area contributed by atoms with Gasteiger partial charge in [0.2, 0.25) is 0 Å². The van der Waals surface area contributed by atoms with Crippen LogP contribution in [0, 0.1) is 0 Å². The normalized spacial score (nSPS) is 23.1. The molecular weight excluding hydrogens is 500 g/mol. The van der Waals surface area contributed by atoms with E-state index in [1.807, 2.05) is 6.08 Å². The Morgan fingerprint density at radius 3 is 2.06 bits per heavy atom. The third-order valence-corrected chi connectivity index (χ3v) is 5.60. The van der Waals surface area contributed by atoms with Gasteiger partial charge in [-0.25, -0.2) is 0 Å². The van der Waals surface area contributed by atoms with E-state index in [2.05, 4.69) is 34.5 Å². The van der Waals surface area contributed by atoms with Crippen LogP contribution in [0.4, 0.5) is 0 Å². The van der Waals surface area contributed by atoms with Crippen molar-refractivity contribution in [3.63, 3.8) is 0 Å². The Bertz CT molecular complexity index is 865. The summed E-state index contributed by atoms with van der Waals surface area (Å²) < 4.78 is 55.0. The van der Waals surface area contributed by atoms with E-state index < -0.39 is 13.6 Å². The molecule has 2 saturated heterocycles. The number of rotatable bonds is 10. The third-order valence-electron chi connectivity index (χ3n) is 5.60. The van der Waals surface area contributed by atoms with E-state index in [4.69, 9.17) is 34.9 Å². The second-order valence-corrected chi connectivity index (χ2v) is 9.70. The van der Waals surface area contributed by atoms with Crippen molar-refractivity contribution in [2.75, 3.05) is 52.6 Å². The number of nitrogens with zero attached hydrogens (tertiary/aromatic N) is 4. The van der Waals surface area contributed by atoms with Crippen molar-refractivity contribution >= 4 is 5.71 Å². The minimum atomic E-state index is -5.25. The van der Waals surface area contributed by atoms with Crippen LogP contribution in [-0.2, 0) is 40.2 Å². The first-order valence-corrected chi connectivity index (χ1v) is 14.2. The van der Waals surface area contributed by atoms with Gasteiger partial charge in [-0.05, 0) is 18.9 Å². The van der Waals surface area contributed by atoms with Gasteiger partial charge in [0, 0.05) is 44.5 Å². The molecule has 2 N–H and O–H groups in total. The van der Waals surface area contributed by atoms with Crippen LogP contribution in [0.1, 0.15) is 46.0 Å². The molecule has 2 unspecified atom stereocenters. The summed E-state index contributed by atoms with van der Waals surface area (Å²) >= 11 is -5.25. The van der Waals surface area contributed by atoms with Crippen molar-refractivity contribution in [1.82, 2.24) is 9.80 Å². The summed E-state index contributed by atoms with van der Waals surface area (Å²) in [6, 6.07) is 0. The maximum absolute atomic E-state index is 9.69. The van der Waals surface area contributed by atoms with Gasteiger partial charge in [-0.1, -0.05) is 26.7 Å². The molecule has 0 aromatic carbocycles. The van der Waals surface area contributed by atoms with E-state index in [-0.39, 0.29) is 12.6 Å². The molecule has 0 spiro atoms. The van der Waals surface area contributed by atoms with E-state index >= 15 is 0 Å². The van der Waals surface area contributed by atoms with E-state index in [0.29, 0.717) is 38.6 Å². The maximum atomic E-state index is 9.69.